The number of ketones is 1. The van der Waals surface area contributed by atoms with Gasteiger partial charge in [0.1, 0.15) is 5.92 Å². The second-order valence-corrected chi connectivity index (χ2v) is 4.30. The Balaban J connectivity index is 2.24. The Labute approximate surface area is 95.3 Å². The fourth-order valence-electron chi connectivity index (χ4n) is 1.92. The van der Waals surface area contributed by atoms with Gasteiger partial charge in [0.15, 0.2) is 5.78 Å². The summed E-state index contributed by atoms with van der Waals surface area (Å²) in [7, 11) is 0. The zero-order valence-electron chi connectivity index (χ0n) is 9.53. The van der Waals surface area contributed by atoms with Crippen LogP contribution in [0.2, 0.25) is 0 Å². The van der Waals surface area contributed by atoms with Crippen molar-refractivity contribution in [3.05, 3.63) is 29.3 Å². The van der Waals surface area contributed by atoms with Gasteiger partial charge in [0, 0.05) is 12.2 Å². The molecule has 0 spiro atoms. The molecule has 1 unspecified atom stereocenters. The fourth-order valence-corrected chi connectivity index (χ4v) is 1.92. The van der Waals surface area contributed by atoms with Crippen molar-refractivity contribution < 1.29 is 4.79 Å². The third kappa shape index (κ3) is 1.79. The molecule has 0 radical (unpaired) electrons. The minimum Gasteiger partial charge on any atom is -0.362 e. The van der Waals surface area contributed by atoms with E-state index in [1.165, 1.54) is 11.1 Å². The predicted molar refractivity (Wildman–Crippen MR) is 62.2 cm³/mol. The number of hydrogen-bond donors (Lipinski definition) is 0. The van der Waals surface area contributed by atoms with Crippen LogP contribution in [0.3, 0.4) is 0 Å². The van der Waals surface area contributed by atoms with Crippen molar-refractivity contribution in [2.45, 2.75) is 13.8 Å². The van der Waals surface area contributed by atoms with Gasteiger partial charge in [-0.25, -0.2) is 0 Å². The lowest BCUT2D eigenvalue weighted by Crippen LogP contribution is -2.19. The van der Waals surface area contributed by atoms with Crippen LogP contribution in [-0.2, 0) is 4.79 Å². The molecule has 0 N–H and O–H groups in total. The average molecular weight is 214 g/mol. The van der Waals surface area contributed by atoms with E-state index in [4.69, 9.17) is 5.26 Å². The summed E-state index contributed by atoms with van der Waals surface area (Å²) in [6, 6.07) is 8.18. The smallest absolute Gasteiger partial charge is 0.170 e. The second-order valence-electron chi connectivity index (χ2n) is 4.30. The van der Waals surface area contributed by atoms with Crippen LogP contribution >= 0.6 is 0 Å². The zero-order chi connectivity index (χ0) is 11.7. The van der Waals surface area contributed by atoms with E-state index in [1.54, 1.807) is 0 Å². The van der Waals surface area contributed by atoms with E-state index in [1.807, 2.05) is 17.0 Å². The van der Waals surface area contributed by atoms with Crippen LogP contribution in [0.5, 0.6) is 0 Å². The number of hydrogen-bond acceptors (Lipinski definition) is 3. The van der Waals surface area contributed by atoms with Crippen LogP contribution in [0.25, 0.3) is 0 Å². The van der Waals surface area contributed by atoms with Gasteiger partial charge in [-0.05, 0) is 37.1 Å². The normalized spacial score (nSPS) is 19.9. The fraction of sp³-hybridized carbons (Fsp3) is 0.385. The topological polar surface area (TPSA) is 44.1 Å². The third-order valence-electron chi connectivity index (χ3n) is 3.15. The molecular weight excluding hydrogens is 200 g/mol. The number of nitriles is 1. The van der Waals surface area contributed by atoms with E-state index < -0.39 is 5.92 Å². The molecule has 1 aliphatic heterocycles. The molecule has 0 bridgehead atoms. The first-order valence-electron chi connectivity index (χ1n) is 5.36. The lowest BCUT2D eigenvalue weighted by molar-refractivity contribution is -0.118. The van der Waals surface area contributed by atoms with Crippen molar-refractivity contribution in [2.24, 2.45) is 5.92 Å². The highest BCUT2D eigenvalue weighted by Gasteiger charge is 2.30. The van der Waals surface area contributed by atoms with Crippen molar-refractivity contribution in [1.29, 1.82) is 5.26 Å². The van der Waals surface area contributed by atoms with Crippen molar-refractivity contribution >= 4 is 11.5 Å². The van der Waals surface area contributed by atoms with E-state index >= 15 is 0 Å². The van der Waals surface area contributed by atoms with Gasteiger partial charge in [0.05, 0.1) is 12.6 Å². The molecule has 3 nitrogen and oxygen atoms in total. The highest BCUT2D eigenvalue weighted by Crippen LogP contribution is 2.23. The molecule has 1 fully saturated rings. The lowest BCUT2D eigenvalue weighted by Gasteiger charge is -2.17. The summed E-state index contributed by atoms with van der Waals surface area (Å²) in [5.74, 6) is -0.428. The Morgan fingerprint density at radius 3 is 2.69 bits per heavy atom. The minimum absolute atomic E-state index is 0.0285. The molecule has 82 valence electrons. The van der Waals surface area contributed by atoms with Crippen LogP contribution in [0.15, 0.2) is 18.2 Å². The van der Waals surface area contributed by atoms with E-state index in [2.05, 4.69) is 26.0 Å². The molecule has 3 heteroatoms. The van der Waals surface area contributed by atoms with Crippen LogP contribution < -0.4 is 4.90 Å². The number of rotatable bonds is 1. The van der Waals surface area contributed by atoms with Gasteiger partial charge in [0.25, 0.3) is 0 Å². The SMILES string of the molecule is Cc1ccc(N2CC(=O)C(C#N)C2)cc1C. The number of carbonyl (C=O) groups excluding carboxylic acids is 1. The number of nitrogens with zero attached hydrogens (tertiary/aromatic N) is 2. The van der Waals surface area contributed by atoms with Crippen molar-refractivity contribution in [1.82, 2.24) is 0 Å². The molecule has 1 heterocycles. The Morgan fingerprint density at radius 2 is 2.12 bits per heavy atom. The first-order valence-corrected chi connectivity index (χ1v) is 5.36. The third-order valence-corrected chi connectivity index (χ3v) is 3.15. The Hall–Kier alpha value is -1.82. The maximum absolute atomic E-state index is 11.5. The Bertz CT molecular complexity index is 473. The minimum atomic E-state index is -0.457. The summed E-state index contributed by atoms with van der Waals surface area (Å²) in [6.45, 7) is 5.00. The van der Waals surface area contributed by atoms with E-state index in [-0.39, 0.29) is 5.78 Å². The van der Waals surface area contributed by atoms with Crippen LogP contribution in [0, 0.1) is 31.1 Å². The maximum atomic E-state index is 11.5. The molecule has 0 aliphatic carbocycles. The van der Waals surface area contributed by atoms with Crippen LogP contribution in [0.1, 0.15) is 11.1 Å². The monoisotopic (exact) mass is 214 g/mol. The van der Waals surface area contributed by atoms with Gasteiger partial charge < -0.3 is 4.90 Å². The number of carbonyl (C=O) groups is 1. The van der Waals surface area contributed by atoms with Gasteiger partial charge in [0.2, 0.25) is 0 Å². The molecule has 1 aromatic carbocycles. The first kappa shape index (κ1) is 10.7. The standard InChI is InChI=1S/C13H14N2O/c1-9-3-4-12(5-10(9)2)15-7-11(6-14)13(16)8-15/h3-5,11H,7-8H2,1-2H3. The molecule has 1 saturated heterocycles. The van der Waals surface area contributed by atoms with Gasteiger partial charge in [-0.1, -0.05) is 6.07 Å². The van der Waals surface area contributed by atoms with Crippen LogP contribution in [0.4, 0.5) is 5.69 Å². The second kappa shape index (κ2) is 3.97. The quantitative estimate of drug-likeness (QED) is 0.716. The van der Waals surface area contributed by atoms with Gasteiger partial charge in [-0.3, -0.25) is 4.79 Å². The number of aryl methyl sites for hydroxylation is 2. The molecule has 0 saturated carbocycles. The molecule has 1 atom stereocenters. The van der Waals surface area contributed by atoms with E-state index in [0.29, 0.717) is 13.1 Å². The molecule has 1 aromatic rings. The summed E-state index contributed by atoms with van der Waals surface area (Å²) < 4.78 is 0. The molecule has 16 heavy (non-hydrogen) atoms. The highest BCUT2D eigenvalue weighted by atomic mass is 16.1. The van der Waals surface area contributed by atoms with Crippen molar-refractivity contribution in [3.8, 4) is 6.07 Å². The number of anilines is 1. The molecule has 0 amide bonds. The predicted octanol–water partition coefficient (Wildman–Crippen LogP) is 1.83. The van der Waals surface area contributed by atoms with Gasteiger partial charge >= 0.3 is 0 Å². The Morgan fingerprint density at radius 1 is 1.38 bits per heavy atom. The molecule has 1 aliphatic rings. The van der Waals surface area contributed by atoms with Crippen LogP contribution in [-0.4, -0.2) is 18.9 Å². The van der Waals surface area contributed by atoms with Gasteiger partial charge in [-0.15, -0.1) is 0 Å². The van der Waals surface area contributed by atoms with Crippen molar-refractivity contribution in [3.63, 3.8) is 0 Å². The summed E-state index contributed by atoms with van der Waals surface area (Å²) >= 11 is 0. The average Bonchev–Trinajstić information content (AvgIpc) is 2.64. The first-order chi connectivity index (χ1) is 7.61. The Kier molecular flexibility index (Phi) is 2.66. The highest BCUT2D eigenvalue weighted by molar-refractivity contribution is 5.91. The maximum Gasteiger partial charge on any atom is 0.170 e. The zero-order valence-corrected chi connectivity index (χ0v) is 9.53. The summed E-state index contributed by atoms with van der Waals surface area (Å²) in [6.07, 6.45) is 0. The summed E-state index contributed by atoms with van der Waals surface area (Å²) in [5.41, 5.74) is 3.49. The lowest BCUT2D eigenvalue weighted by atomic mass is 10.1. The molecule has 0 aromatic heterocycles. The largest absolute Gasteiger partial charge is 0.362 e. The van der Waals surface area contributed by atoms with E-state index in [0.717, 1.165) is 5.69 Å². The number of benzene rings is 1. The summed E-state index contributed by atoms with van der Waals surface area (Å²) in [5, 5.41) is 8.80. The number of Topliss-reactive ketones (excluding diaryl/α,β-unsaturated/α-hetero) is 1. The van der Waals surface area contributed by atoms with E-state index in [9.17, 15) is 4.79 Å². The summed E-state index contributed by atoms with van der Waals surface area (Å²) in [4.78, 5) is 13.5. The molecule has 2 rings (SSSR count). The van der Waals surface area contributed by atoms with Gasteiger partial charge in [-0.2, -0.15) is 5.26 Å². The molecular formula is C13H14N2O. The van der Waals surface area contributed by atoms with Crippen molar-refractivity contribution in [2.75, 3.05) is 18.0 Å².